The number of carboxylic acids is 1. The summed E-state index contributed by atoms with van der Waals surface area (Å²) in [5, 5.41) is 9.87. The van der Waals surface area contributed by atoms with Gasteiger partial charge in [-0.15, -0.1) is 11.8 Å². The topological polar surface area (TPSA) is 80.9 Å². The highest BCUT2D eigenvalue weighted by molar-refractivity contribution is 7.99. The van der Waals surface area contributed by atoms with E-state index >= 15 is 0 Å². The van der Waals surface area contributed by atoms with Gasteiger partial charge in [0, 0.05) is 31.1 Å². The maximum atomic E-state index is 11.4. The minimum atomic E-state index is -0.975. The van der Waals surface area contributed by atoms with Crippen LogP contribution in [-0.2, 0) is 13.0 Å². The molecule has 0 spiro atoms. The number of thioether (sulfide) groups is 1. The lowest BCUT2D eigenvalue weighted by Crippen LogP contribution is -2.10. The molecule has 2 rings (SSSR count). The average Bonchev–Trinajstić information content (AvgIpc) is 2.83. The summed E-state index contributed by atoms with van der Waals surface area (Å²) in [4.78, 5) is 24.1. The van der Waals surface area contributed by atoms with E-state index in [1.165, 1.54) is 11.8 Å². The van der Waals surface area contributed by atoms with E-state index in [4.69, 9.17) is 0 Å². The number of carbonyl (C=O) groups is 1. The molecular formula is C14H18N4O2S. The smallest absolute Gasteiger partial charge is 0.340 e. The van der Waals surface area contributed by atoms with Crippen molar-refractivity contribution in [3.63, 3.8) is 0 Å². The van der Waals surface area contributed by atoms with E-state index < -0.39 is 5.97 Å². The standard InChI is InChI=1S/C14H18N4O2S/c1-4-11-16-9(2)12(14(19)20)13(17-11)21-8-7-18-6-5-15-10(18)3/h5-6H,4,7-8H2,1-3H3,(H,19,20). The number of hydrogen-bond donors (Lipinski definition) is 1. The molecule has 0 aromatic carbocycles. The Morgan fingerprint density at radius 1 is 1.38 bits per heavy atom. The summed E-state index contributed by atoms with van der Waals surface area (Å²) in [6.45, 7) is 6.38. The molecule has 7 heteroatoms. The Bertz CT molecular complexity index is 654. The fourth-order valence-electron chi connectivity index (χ4n) is 1.99. The minimum absolute atomic E-state index is 0.208. The Kier molecular flexibility index (Phi) is 4.95. The van der Waals surface area contributed by atoms with Gasteiger partial charge in [0.05, 0.1) is 5.69 Å². The number of aryl methyl sites for hydroxylation is 4. The molecule has 0 radical (unpaired) electrons. The summed E-state index contributed by atoms with van der Waals surface area (Å²) < 4.78 is 2.03. The molecule has 0 saturated heterocycles. The highest BCUT2D eigenvalue weighted by Crippen LogP contribution is 2.23. The molecule has 2 heterocycles. The second-order valence-electron chi connectivity index (χ2n) is 4.58. The van der Waals surface area contributed by atoms with Gasteiger partial charge in [0.1, 0.15) is 22.2 Å². The molecule has 0 saturated carbocycles. The van der Waals surface area contributed by atoms with Crippen LogP contribution in [0.25, 0.3) is 0 Å². The first kappa shape index (κ1) is 15.5. The number of nitrogens with zero attached hydrogens (tertiary/aromatic N) is 4. The molecule has 0 atom stereocenters. The Morgan fingerprint density at radius 3 is 2.71 bits per heavy atom. The van der Waals surface area contributed by atoms with Crippen LogP contribution in [0.5, 0.6) is 0 Å². The molecule has 1 N–H and O–H groups in total. The normalized spacial score (nSPS) is 10.8. The van der Waals surface area contributed by atoms with Crippen LogP contribution >= 0.6 is 11.8 Å². The van der Waals surface area contributed by atoms with Crippen molar-refractivity contribution in [3.05, 3.63) is 35.3 Å². The second-order valence-corrected chi connectivity index (χ2v) is 5.66. The van der Waals surface area contributed by atoms with Crippen molar-refractivity contribution in [1.82, 2.24) is 19.5 Å². The van der Waals surface area contributed by atoms with Gasteiger partial charge in [-0.05, 0) is 13.8 Å². The van der Waals surface area contributed by atoms with Gasteiger partial charge in [0.2, 0.25) is 0 Å². The number of carboxylic acid groups (broad SMARTS) is 1. The Morgan fingerprint density at radius 2 is 2.14 bits per heavy atom. The van der Waals surface area contributed by atoms with Crippen LogP contribution in [0, 0.1) is 13.8 Å². The molecule has 2 aromatic heterocycles. The van der Waals surface area contributed by atoms with Gasteiger partial charge < -0.3 is 9.67 Å². The van der Waals surface area contributed by atoms with Gasteiger partial charge >= 0.3 is 5.97 Å². The molecule has 0 aliphatic heterocycles. The van der Waals surface area contributed by atoms with Crippen molar-refractivity contribution < 1.29 is 9.90 Å². The van der Waals surface area contributed by atoms with Gasteiger partial charge in [-0.1, -0.05) is 6.92 Å². The Labute approximate surface area is 127 Å². The summed E-state index contributed by atoms with van der Waals surface area (Å²) in [5.41, 5.74) is 0.732. The van der Waals surface area contributed by atoms with Gasteiger partial charge in [0.25, 0.3) is 0 Å². The lowest BCUT2D eigenvalue weighted by Gasteiger charge is -2.10. The molecular weight excluding hydrogens is 288 g/mol. The minimum Gasteiger partial charge on any atom is -0.478 e. The van der Waals surface area contributed by atoms with Gasteiger partial charge in [-0.2, -0.15) is 0 Å². The Balaban J connectivity index is 2.16. The quantitative estimate of drug-likeness (QED) is 0.651. The fraction of sp³-hybridized carbons (Fsp3) is 0.429. The van der Waals surface area contributed by atoms with Crippen molar-refractivity contribution in [2.45, 2.75) is 38.8 Å². The molecule has 0 bridgehead atoms. The van der Waals surface area contributed by atoms with Crippen LogP contribution in [-0.4, -0.2) is 36.3 Å². The third-order valence-corrected chi connectivity index (χ3v) is 4.08. The first-order valence-corrected chi connectivity index (χ1v) is 7.72. The summed E-state index contributed by atoms with van der Waals surface area (Å²) in [6.07, 6.45) is 4.36. The molecule has 0 amide bonds. The zero-order chi connectivity index (χ0) is 15.4. The molecule has 21 heavy (non-hydrogen) atoms. The maximum absolute atomic E-state index is 11.4. The molecule has 112 valence electrons. The molecule has 0 aliphatic carbocycles. The monoisotopic (exact) mass is 306 g/mol. The highest BCUT2D eigenvalue weighted by atomic mass is 32.2. The summed E-state index contributed by atoms with van der Waals surface area (Å²) in [6, 6.07) is 0. The van der Waals surface area contributed by atoms with Crippen LogP contribution in [0.2, 0.25) is 0 Å². The van der Waals surface area contributed by atoms with E-state index in [2.05, 4.69) is 15.0 Å². The zero-order valence-electron chi connectivity index (χ0n) is 12.3. The SMILES string of the molecule is CCc1nc(C)c(C(=O)O)c(SCCn2ccnc2C)n1. The largest absolute Gasteiger partial charge is 0.478 e. The van der Waals surface area contributed by atoms with Crippen molar-refractivity contribution >= 4 is 17.7 Å². The van der Waals surface area contributed by atoms with E-state index in [1.807, 2.05) is 24.6 Å². The molecule has 0 unspecified atom stereocenters. The van der Waals surface area contributed by atoms with Gasteiger partial charge in [-0.25, -0.2) is 19.7 Å². The average molecular weight is 306 g/mol. The lowest BCUT2D eigenvalue weighted by molar-refractivity contribution is 0.0690. The van der Waals surface area contributed by atoms with Crippen LogP contribution < -0.4 is 0 Å². The molecule has 0 fully saturated rings. The van der Waals surface area contributed by atoms with E-state index in [0.29, 0.717) is 23.0 Å². The summed E-state index contributed by atoms with van der Waals surface area (Å²) in [7, 11) is 0. The van der Waals surface area contributed by atoms with Gasteiger partial charge in [0.15, 0.2) is 0 Å². The maximum Gasteiger partial charge on any atom is 0.340 e. The number of aromatic nitrogens is 4. The molecule has 6 nitrogen and oxygen atoms in total. The zero-order valence-corrected chi connectivity index (χ0v) is 13.1. The van der Waals surface area contributed by atoms with Crippen molar-refractivity contribution in [1.29, 1.82) is 0 Å². The van der Waals surface area contributed by atoms with E-state index in [0.717, 1.165) is 18.1 Å². The van der Waals surface area contributed by atoms with E-state index in [9.17, 15) is 9.90 Å². The Hall–Kier alpha value is -1.89. The highest BCUT2D eigenvalue weighted by Gasteiger charge is 2.17. The van der Waals surface area contributed by atoms with Crippen LogP contribution in [0.1, 0.15) is 34.6 Å². The molecule has 2 aromatic rings. The van der Waals surface area contributed by atoms with Crippen molar-refractivity contribution in [3.8, 4) is 0 Å². The number of hydrogen-bond acceptors (Lipinski definition) is 5. The lowest BCUT2D eigenvalue weighted by atomic mass is 10.2. The summed E-state index contributed by atoms with van der Waals surface area (Å²) in [5.74, 6) is 1.38. The number of aromatic carboxylic acids is 1. The van der Waals surface area contributed by atoms with E-state index in [1.54, 1.807) is 13.1 Å². The van der Waals surface area contributed by atoms with Crippen LogP contribution in [0.15, 0.2) is 17.4 Å². The summed E-state index contributed by atoms with van der Waals surface area (Å²) >= 11 is 1.45. The van der Waals surface area contributed by atoms with Crippen LogP contribution in [0.3, 0.4) is 0 Å². The first-order chi connectivity index (χ1) is 10.0. The number of rotatable bonds is 6. The second kappa shape index (κ2) is 6.71. The van der Waals surface area contributed by atoms with Gasteiger partial charge in [-0.3, -0.25) is 0 Å². The predicted octanol–water partition coefficient (Wildman–Crippen LogP) is 2.34. The van der Waals surface area contributed by atoms with Crippen LogP contribution in [0.4, 0.5) is 0 Å². The predicted molar refractivity (Wildman–Crippen MR) is 80.8 cm³/mol. The number of imidazole rings is 1. The van der Waals surface area contributed by atoms with E-state index in [-0.39, 0.29) is 5.56 Å². The van der Waals surface area contributed by atoms with Crippen molar-refractivity contribution in [2.75, 3.05) is 5.75 Å². The first-order valence-electron chi connectivity index (χ1n) is 6.74. The fourth-order valence-corrected chi connectivity index (χ4v) is 3.02. The van der Waals surface area contributed by atoms with Crippen molar-refractivity contribution in [2.24, 2.45) is 0 Å². The molecule has 0 aliphatic rings. The third-order valence-electron chi connectivity index (χ3n) is 3.13. The third kappa shape index (κ3) is 3.60.